The number of aliphatic hydroxyl groups excluding tert-OH is 1. The van der Waals surface area contributed by atoms with E-state index in [1.807, 2.05) is 0 Å². The predicted octanol–water partition coefficient (Wildman–Crippen LogP) is 3.40. The van der Waals surface area contributed by atoms with E-state index in [0.717, 1.165) is 18.3 Å². The zero-order chi connectivity index (χ0) is 14.0. The van der Waals surface area contributed by atoms with Gasteiger partial charge in [0.05, 0.1) is 18.4 Å². The van der Waals surface area contributed by atoms with E-state index >= 15 is 0 Å². The van der Waals surface area contributed by atoms with Gasteiger partial charge in [-0.1, -0.05) is 12.1 Å². The van der Waals surface area contributed by atoms with Gasteiger partial charge in [0.25, 0.3) is 0 Å². The van der Waals surface area contributed by atoms with Crippen molar-refractivity contribution in [1.82, 2.24) is 4.98 Å². The van der Waals surface area contributed by atoms with Crippen molar-refractivity contribution in [2.75, 3.05) is 0 Å². The molecule has 1 heterocycles. The molecule has 0 fully saturated rings. The number of rotatable bonds is 2. The third-order valence-electron chi connectivity index (χ3n) is 2.66. The molecule has 0 amide bonds. The molecule has 0 saturated carbocycles. The SMILES string of the molecule is OCc1c(F)cncc1-c1cccc(C(F)(F)F)c1. The molecule has 1 aromatic heterocycles. The van der Waals surface area contributed by atoms with Gasteiger partial charge in [0, 0.05) is 17.3 Å². The van der Waals surface area contributed by atoms with Gasteiger partial charge in [0.15, 0.2) is 0 Å². The Labute approximate surface area is 106 Å². The van der Waals surface area contributed by atoms with E-state index in [2.05, 4.69) is 4.98 Å². The fraction of sp³-hybridized carbons (Fsp3) is 0.154. The van der Waals surface area contributed by atoms with E-state index in [1.165, 1.54) is 18.3 Å². The van der Waals surface area contributed by atoms with Crippen LogP contribution in [0.1, 0.15) is 11.1 Å². The molecule has 1 N–H and O–H groups in total. The normalized spacial score (nSPS) is 11.6. The van der Waals surface area contributed by atoms with Crippen LogP contribution in [0.3, 0.4) is 0 Å². The first-order chi connectivity index (χ1) is 8.93. The first-order valence-electron chi connectivity index (χ1n) is 5.34. The molecule has 19 heavy (non-hydrogen) atoms. The standard InChI is InChI=1S/C13H9F4NO/c14-12-6-18-5-10(11(12)7-19)8-2-1-3-9(4-8)13(15,16)17/h1-6,19H,7H2. The van der Waals surface area contributed by atoms with E-state index in [4.69, 9.17) is 5.11 Å². The number of nitrogens with zero attached hydrogens (tertiary/aromatic N) is 1. The van der Waals surface area contributed by atoms with Gasteiger partial charge in [-0.25, -0.2) is 4.39 Å². The lowest BCUT2D eigenvalue weighted by Crippen LogP contribution is -2.05. The van der Waals surface area contributed by atoms with Crippen LogP contribution in [-0.4, -0.2) is 10.1 Å². The van der Waals surface area contributed by atoms with E-state index < -0.39 is 24.2 Å². The lowest BCUT2D eigenvalue weighted by Gasteiger charge is -2.11. The first kappa shape index (κ1) is 13.5. The molecule has 1 aromatic carbocycles. The Morgan fingerprint density at radius 2 is 1.89 bits per heavy atom. The van der Waals surface area contributed by atoms with Crippen LogP contribution in [-0.2, 0) is 12.8 Å². The van der Waals surface area contributed by atoms with Crippen LogP contribution < -0.4 is 0 Å². The Morgan fingerprint density at radius 3 is 2.53 bits per heavy atom. The summed E-state index contributed by atoms with van der Waals surface area (Å²) in [5.74, 6) is -0.752. The fourth-order valence-electron chi connectivity index (χ4n) is 1.73. The molecule has 6 heteroatoms. The Hall–Kier alpha value is -1.95. The summed E-state index contributed by atoms with van der Waals surface area (Å²) in [6.07, 6.45) is -2.34. The maximum Gasteiger partial charge on any atom is 0.416 e. The summed E-state index contributed by atoms with van der Waals surface area (Å²) >= 11 is 0. The van der Waals surface area contributed by atoms with Crippen LogP contribution in [0.2, 0.25) is 0 Å². The van der Waals surface area contributed by atoms with E-state index in [1.54, 1.807) is 0 Å². The summed E-state index contributed by atoms with van der Waals surface area (Å²) in [5, 5.41) is 9.10. The second kappa shape index (κ2) is 4.97. The highest BCUT2D eigenvalue weighted by molar-refractivity contribution is 5.67. The molecule has 2 nitrogen and oxygen atoms in total. The van der Waals surface area contributed by atoms with Gasteiger partial charge in [0.2, 0.25) is 0 Å². The molecule has 0 bridgehead atoms. The van der Waals surface area contributed by atoms with Gasteiger partial charge in [-0.05, 0) is 17.7 Å². The van der Waals surface area contributed by atoms with Crippen molar-refractivity contribution < 1.29 is 22.7 Å². The number of aliphatic hydroxyl groups is 1. The average Bonchev–Trinajstić information content (AvgIpc) is 2.37. The molecule has 0 spiro atoms. The number of hydrogen-bond acceptors (Lipinski definition) is 2. The Bertz CT molecular complexity index is 595. The summed E-state index contributed by atoms with van der Waals surface area (Å²) in [4.78, 5) is 3.59. The van der Waals surface area contributed by atoms with Crippen molar-refractivity contribution in [3.63, 3.8) is 0 Å². The Morgan fingerprint density at radius 1 is 1.16 bits per heavy atom. The van der Waals surface area contributed by atoms with Crippen molar-refractivity contribution >= 4 is 0 Å². The fourth-order valence-corrected chi connectivity index (χ4v) is 1.73. The molecule has 0 radical (unpaired) electrons. The van der Waals surface area contributed by atoms with Crippen molar-refractivity contribution in [2.24, 2.45) is 0 Å². The molecular weight excluding hydrogens is 262 g/mol. The van der Waals surface area contributed by atoms with Crippen molar-refractivity contribution in [3.05, 3.63) is 53.6 Å². The zero-order valence-electron chi connectivity index (χ0n) is 9.58. The molecule has 100 valence electrons. The average molecular weight is 271 g/mol. The van der Waals surface area contributed by atoms with Crippen molar-refractivity contribution in [1.29, 1.82) is 0 Å². The molecule has 2 rings (SSSR count). The largest absolute Gasteiger partial charge is 0.416 e. The van der Waals surface area contributed by atoms with E-state index in [0.29, 0.717) is 0 Å². The van der Waals surface area contributed by atoms with E-state index in [-0.39, 0.29) is 16.7 Å². The molecule has 0 atom stereocenters. The van der Waals surface area contributed by atoms with Gasteiger partial charge in [0.1, 0.15) is 5.82 Å². The Balaban J connectivity index is 2.57. The van der Waals surface area contributed by atoms with Crippen LogP contribution in [0, 0.1) is 5.82 Å². The van der Waals surface area contributed by atoms with Gasteiger partial charge in [-0.15, -0.1) is 0 Å². The number of hydrogen-bond donors (Lipinski definition) is 1. The highest BCUT2D eigenvalue weighted by atomic mass is 19.4. The first-order valence-corrected chi connectivity index (χ1v) is 5.34. The van der Waals surface area contributed by atoms with E-state index in [9.17, 15) is 17.6 Å². The van der Waals surface area contributed by atoms with Gasteiger partial charge in [-0.2, -0.15) is 13.2 Å². The quantitative estimate of drug-likeness (QED) is 0.849. The number of aromatic nitrogens is 1. The summed E-state index contributed by atoms with van der Waals surface area (Å²) in [7, 11) is 0. The second-order valence-electron chi connectivity index (χ2n) is 3.88. The smallest absolute Gasteiger partial charge is 0.392 e. The third kappa shape index (κ3) is 2.73. The maximum absolute atomic E-state index is 13.4. The minimum atomic E-state index is -4.48. The number of halogens is 4. The zero-order valence-corrected chi connectivity index (χ0v) is 9.58. The summed E-state index contributed by atoms with van der Waals surface area (Å²) in [6.45, 7) is -0.611. The maximum atomic E-state index is 13.4. The van der Waals surface area contributed by atoms with Crippen LogP contribution in [0.4, 0.5) is 17.6 Å². The highest BCUT2D eigenvalue weighted by Gasteiger charge is 2.30. The molecular formula is C13H9F4NO. The summed E-state index contributed by atoms with van der Waals surface area (Å²) in [6, 6.07) is 4.46. The minimum absolute atomic E-state index is 0.0747. The third-order valence-corrected chi connectivity index (χ3v) is 2.66. The molecule has 0 aliphatic rings. The molecule has 0 unspecified atom stereocenters. The van der Waals surface area contributed by atoms with Gasteiger partial charge in [-0.3, -0.25) is 4.98 Å². The number of pyridine rings is 1. The van der Waals surface area contributed by atoms with Crippen molar-refractivity contribution in [3.8, 4) is 11.1 Å². The van der Waals surface area contributed by atoms with Crippen molar-refractivity contribution in [2.45, 2.75) is 12.8 Å². The lowest BCUT2D eigenvalue weighted by molar-refractivity contribution is -0.137. The minimum Gasteiger partial charge on any atom is -0.392 e. The van der Waals surface area contributed by atoms with Gasteiger partial charge >= 0.3 is 6.18 Å². The highest BCUT2D eigenvalue weighted by Crippen LogP contribution is 2.33. The Kier molecular flexibility index (Phi) is 3.53. The van der Waals surface area contributed by atoms with Crippen LogP contribution in [0.5, 0.6) is 0 Å². The topological polar surface area (TPSA) is 33.1 Å². The number of alkyl halides is 3. The van der Waals surface area contributed by atoms with Crippen LogP contribution in [0.15, 0.2) is 36.7 Å². The monoisotopic (exact) mass is 271 g/mol. The van der Waals surface area contributed by atoms with Crippen LogP contribution in [0.25, 0.3) is 11.1 Å². The van der Waals surface area contributed by atoms with Gasteiger partial charge < -0.3 is 5.11 Å². The molecule has 0 aliphatic heterocycles. The number of benzene rings is 1. The molecule has 2 aromatic rings. The van der Waals surface area contributed by atoms with Crippen LogP contribution >= 0.6 is 0 Å². The summed E-state index contributed by atoms with van der Waals surface area (Å²) < 4.78 is 51.2. The molecule has 0 saturated heterocycles. The second-order valence-corrected chi connectivity index (χ2v) is 3.88. The predicted molar refractivity (Wildman–Crippen MR) is 60.6 cm³/mol. The summed E-state index contributed by atoms with van der Waals surface area (Å²) in [5.41, 5.74) is -0.605. The lowest BCUT2D eigenvalue weighted by atomic mass is 10.00. The molecule has 0 aliphatic carbocycles.